The van der Waals surface area contributed by atoms with Crippen molar-refractivity contribution in [2.24, 2.45) is 11.3 Å². The highest BCUT2D eigenvalue weighted by molar-refractivity contribution is 7.18. The molecule has 2 aromatic rings. The molecule has 0 unspecified atom stereocenters. The van der Waals surface area contributed by atoms with E-state index in [1.165, 1.54) is 9.80 Å². The Bertz CT molecular complexity index is 1490. The van der Waals surface area contributed by atoms with Gasteiger partial charge in [0.2, 0.25) is 5.91 Å². The van der Waals surface area contributed by atoms with E-state index < -0.39 is 77.7 Å². The van der Waals surface area contributed by atoms with Crippen LogP contribution in [-0.2, 0) is 22.1 Å². The summed E-state index contributed by atoms with van der Waals surface area (Å²) < 4.78 is 116. The molecule has 4 aliphatic heterocycles. The lowest BCUT2D eigenvalue weighted by Crippen LogP contribution is -2.76. The molecule has 0 radical (unpaired) electrons. The maximum atomic E-state index is 15.0. The first-order valence-electron chi connectivity index (χ1n) is 14.1. The third kappa shape index (κ3) is 5.44. The highest BCUT2D eigenvalue weighted by Crippen LogP contribution is 2.52. The molecule has 2 amide bonds. The molecule has 2 bridgehead atoms. The summed E-state index contributed by atoms with van der Waals surface area (Å²) in [5.41, 5.74) is -2.87. The molecule has 1 spiro atoms. The Morgan fingerprint density at radius 2 is 1.70 bits per heavy atom. The molecule has 4 saturated heterocycles. The van der Waals surface area contributed by atoms with E-state index in [1.54, 1.807) is 20.8 Å². The zero-order chi connectivity index (χ0) is 32.2. The highest BCUT2D eigenvalue weighted by Gasteiger charge is 2.64. The molecule has 44 heavy (non-hydrogen) atoms. The van der Waals surface area contributed by atoms with Crippen LogP contribution in [0.5, 0.6) is 0 Å². The van der Waals surface area contributed by atoms with Gasteiger partial charge in [-0.15, -0.1) is 11.3 Å². The number of thiophene rings is 1. The van der Waals surface area contributed by atoms with Gasteiger partial charge in [0.1, 0.15) is 16.5 Å². The van der Waals surface area contributed by atoms with Crippen molar-refractivity contribution in [1.82, 2.24) is 14.8 Å². The molecule has 242 valence electrons. The minimum Gasteiger partial charge on any atom is -0.444 e. The van der Waals surface area contributed by atoms with Crippen molar-refractivity contribution in [3.8, 4) is 0 Å². The lowest BCUT2D eigenvalue weighted by Gasteiger charge is -2.62. The summed E-state index contributed by atoms with van der Waals surface area (Å²) in [5.74, 6) is -5.18. The number of aromatic nitrogens is 1. The van der Waals surface area contributed by atoms with Gasteiger partial charge in [-0.25, -0.2) is 18.6 Å². The van der Waals surface area contributed by atoms with E-state index >= 15 is 0 Å². The van der Waals surface area contributed by atoms with E-state index in [2.05, 4.69) is 4.98 Å². The number of nitrogens with zero attached hydrogens (tertiary/aromatic N) is 4. The fraction of sp³-hybridized carbons (Fsp3) is 0.679. The van der Waals surface area contributed by atoms with Gasteiger partial charge in [0.25, 0.3) is 5.92 Å². The summed E-state index contributed by atoms with van der Waals surface area (Å²) in [6, 6.07) is -1.19. The summed E-state index contributed by atoms with van der Waals surface area (Å²) in [4.78, 5) is 34.3. The van der Waals surface area contributed by atoms with Crippen LogP contribution in [-0.4, -0.2) is 82.7 Å². The van der Waals surface area contributed by atoms with Crippen molar-refractivity contribution in [2.45, 2.75) is 82.4 Å². The molecule has 6 heterocycles. The molecule has 16 heteroatoms. The number of pyridine rings is 1. The number of fused-ring (bicyclic) bond motifs is 4. The number of piperidine rings is 2. The van der Waals surface area contributed by atoms with Crippen molar-refractivity contribution >= 4 is 39.2 Å². The van der Waals surface area contributed by atoms with E-state index in [4.69, 9.17) is 4.74 Å². The zero-order valence-corrected chi connectivity index (χ0v) is 24.8. The molecule has 7 rings (SSSR count). The van der Waals surface area contributed by atoms with E-state index in [9.17, 15) is 44.7 Å². The van der Waals surface area contributed by atoms with Crippen molar-refractivity contribution < 1.29 is 49.4 Å². The Labute approximate surface area is 251 Å². The molecule has 5 aliphatic rings. The number of hydrogen-bond acceptors (Lipinski definition) is 6. The van der Waals surface area contributed by atoms with Gasteiger partial charge in [-0.1, -0.05) is 0 Å². The Kier molecular flexibility index (Phi) is 6.92. The number of likely N-dealkylation sites (tertiary alicyclic amines) is 1. The summed E-state index contributed by atoms with van der Waals surface area (Å²) in [5, 5.41) is -0.0281. The SMILES string of the molecule is CC(C)(C)OC(=O)N1[C@H]2CC[C@@H]([C@H]1C(=O)N1CC3(C1)CN(c1c(C(F)(F)F)cnc4sc(CC(F)(F)F)cc14)C3)C(F)(F)C2. The van der Waals surface area contributed by atoms with Gasteiger partial charge >= 0.3 is 18.4 Å². The van der Waals surface area contributed by atoms with Crippen LogP contribution in [0.25, 0.3) is 10.2 Å². The Hall–Kier alpha value is -2.91. The fourth-order valence-corrected chi connectivity index (χ4v) is 8.19. The summed E-state index contributed by atoms with van der Waals surface area (Å²) >= 11 is 0.679. The maximum absolute atomic E-state index is 15.0. The van der Waals surface area contributed by atoms with Crippen LogP contribution in [0.2, 0.25) is 0 Å². The number of carbonyl (C=O) groups excluding carboxylic acids is 2. The van der Waals surface area contributed by atoms with Crippen LogP contribution in [0.3, 0.4) is 0 Å². The minimum absolute atomic E-state index is 0.0281. The molecular formula is C28H30F8N4O3S. The average Bonchev–Trinajstić information content (AvgIpc) is 3.20. The van der Waals surface area contributed by atoms with E-state index in [-0.39, 0.29) is 53.4 Å². The zero-order valence-electron chi connectivity index (χ0n) is 24.0. The van der Waals surface area contributed by atoms with Gasteiger partial charge in [0, 0.05) is 60.5 Å². The molecule has 1 aliphatic carbocycles. The molecule has 7 nitrogen and oxygen atoms in total. The summed E-state index contributed by atoms with van der Waals surface area (Å²) in [6.07, 6.45) is -11.1. The second-order valence-corrected chi connectivity index (χ2v) is 14.5. The van der Waals surface area contributed by atoms with Crippen LogP contribution in [0.1, 0.15) is 50.5 Å². The first kappa shape index (κ1) is 31.1. The molecule has 3 atom stereocenters. The van der Waals surface area contributed by atoms with Crippen LogP contribution in [0.4, 0.5) is 45.6 Å². The number of carbonyl (C=O) groups is 2. The molecule has 0 aromatic carbocycles. The number of rotatable bonds is 3. The summed E-state index contributed by atoms with van der Waals surface area (Å²) in [6.45, 7) is 5.22. The molecule has 2 aromatic heterocycles. The smallest absolute Gasteiger partial charge is 0.419 e. The molecule has 1 saturated carbocycles. The number of hydrogen-bond donors (Lipinski definition) is 0. The monoisotopic (exact) mass is 654 g/mol. The largest absolute Gasteiger partial charge is 0.444 e. The predicted molar refractivity (Wildman–Crippen MR) is 144 cm³/mol. The number of anilines is 1. The topological polar surface area (TPSA) is 66.0 Å². The summed E-state index contributed by atoms with van der Waals surface area (Å²) in [7, 11) is 0. The molecule has 5 fully saturated rings. The Morgan fingerprint density at radius 3 is 2.27 bits per heavy atom. The molecule has 0 N–H and O–H groups in total. The van der Waals surface area contributed by atoms with Gasteiger partial charge in [-0.05, 0) is 39.7 Å². The van der Waals surface area contributed by atoms with Crippen LogP contribution < -0.4 is 4.90 Å². The second-order valence-electron chi connectivity index (χ2n) is 13.4. The van der Waals surface area contributed by atoms with E-state index in [0.29, 0.717) is 24.0 Å². The standard InChI is InChI=1S/C28H30F8N4O3S/c1-24(2,3)43-23(42)40-14-4-5-17(26(29,30)7-14)20(40)22(41)39-12-25(13-39)10-38(11-25)19-16-6-15(8-27(31,32)33)44-21(16)37-9-18(19)28(34,35)36/h6,9,14,17,20H,4-5,7-8,10-13H2,1-3H3/t14-,17-,20-/m0/s1. The van der Waals surface area contributed by atoms with Crippen molar-refractivity contribution in [3.63, 3.8) is 0 Å². The normalized spacial score (nSPS) is 26.2. The Balaban J connectivity index is 1.21. The maximum Gasteiger partial charge on any atom is 0.419 e. The number of alkyl halides is 8. The van der Waals surface area contributed by atoms with Gasteiger partial charge in [0.15, 0.2) is 0 Å². The lowest BCUT2D eigenvalue weighted by molar-refractivity contribution is -0.195. The molecular weight excluding hydrogens is 624 g/mol. The average molecular weight is 655 g/mol. The number of halogens is 8. The van der Waals surface area contributed by atoms with Crippen LogP contribution >= 0.6 is 11.3 Å². The van der Waals surface area contributed by atoms with Gasteiger partial charge in [-0.2, -0.15) is 26.3 Å². The highest BCUT2D eigenvalue weighted by atomic mass is 32.1. The van der Waals surface area contributed by atoms with E-state index in [0.717, 1.165) is 11.0 Å². The first-order valence-corrected chi connectivity index (χ1v) is 15.0. The van der Waals surface area contributed by atoms with Crippen molar-refractivity contribution in [3.05, 3.63) is 22.7 Å². The van der Waals surface area contributed by atoms with Gasteiger partial charge in [-0.3, -0.25) is 9.69 Å². The van der Waals surface area contributed by atoms with E-state index in [1.807, 2.05) is 0 Å². The fourth-order valence-electron chi connectivity index (χ4n) is 7.15. The first-order chi connectivity index (χ1) is 20.2. The third-order valence-corrected chi connectivity index (χ3v) is 9.83. The van der Waals surface area contributed by atoms with Crippen molar-refractivity contribution in [2.75, 3.05) is 31.1 Å². The minimum atomic E-state index is -4.82. The van der Waals surface area contributed by atoms with Crippen LogP contribution in [0, 0.1) is 11.3 Å². The predicted octanol–water partition coefficient (Wildman–Crippen LogP) is 6.49. The van der Waals surface area contributed by atoms with Crippen LogP contribution in [0.15, 0.2) is 12.3 Å². The quantitative estimate of drug-likeness (QED) is 0.354. The second kappa shape index (κ2) is 9.79. The number of amides is 2. The third-order valence-electron chi connectivity index (χ3n) is 8.79. The Morgan fingerprint density at radius 1 is 1.05 bits per heavy atom. The number of ether oxygens (including phenoxy) is 1. The van der Waals surface area contributed by atoms with Gasteiger partial charge in [0.05, 0.1) is 23.6 Å². The van der Waals surface area contributed by atoms with Crippen molar-refractivity contribution in [1.29, 1.82) is 0 Å². The lowest BCUT2D eigenvalue weighted by atomic mass is 9.69. The van der Waals surface area contributed by atoms with Gasteiger partial charge < -0.3 is 14.5 Å².